The van der Waals surface area contributed by atoms with Crippen LogP contribution in [0.15, 0.2) is 0 Å². The van der Waals surface area contributed by atoms with Gasteiger partial charge in [-0.25, -0.2) is 13.1 Å². The molecule has 74 valence electrons. The molecule has 0 rings (SSSR count). The van der Waals surface area contributed by atoms with E-state index < -0.39 is 10.0 Å². The highest BCUT2D eigenvalue weighted by atomic mass is 79.9. The molecule has 0 aliphatic rings. The number of halogens is 1. The lowest BCUT2D eigenvalue weighted by molar-refractivity contribution is 0.314. The third-order valence-electron chi connectivity index (χ3n) is 1.62. The van der Waals surface area contributed by atoms with Gasteiger partial charge in [-0.3, -0.25) is 0 Å². The van der Waals surface area contributed by atoms with Crippen LogP contribution in [0, 0.1) is 0 Å². The van der Waals surface area contributed by atoms with Crippen LogP contribution in [0.5, 0.6) is 0 Å². The van der Waals surface area contributed by atoms with E-state index in [9.17, 15) is 8.42 Å². The second kappa shape index (κ2) is 5.16. The van der Waals surface area contributed by atoms with E-state index in [0.717, 1.165) is 0 Å². The summed E-state index contributed by atoms with van der Waals surface area (Å²) < 4.78 is 24.3. The summed E-state index contributed by atoms with van der Waals surface area (Å²) in [6, 6.07) is 0.207. The number of nitrogens with one attached hydrogen (secondary N) is 1. The number of sulfonamides is 1. The van der Waals surface area contributed by atoms with Gasteiger partial charge in [-0.05, 0) is 21.0 Å². The van der Waals surface area contributed by atoms with Crippen LogP contribution in [0.25, 0.3) is 0 Å². The van der Waals surface area contributed by atoms with Gasteiger partial charge in [-0.1, -0.05) is 15.9 Å². The van der Waals surface area contributed by atoms with Crippen LogP contribution < -0.4 is 4.72 Å². The van der Waals surface area contributed by atoms with Gasteiger partial charge in [0.05, 0.1) is 0 Å². The lowest BCUT2D eigenvalue weighted by Crippen LogP contribution is -2.38. The molecule has 0 aromatic rings. The van der Waals surface area contributed by atoms with Crippen molar-refractivity contribution >= 4 is 26.0 Å². The van der Waals surface area contributed by atoms with Crippen LogP contribution in [-0.4, -0.2) is 44.7 Å². The van der Waals surface area contributed by atoms with Gasteiger partial charge in [0.25, 0.3) is 0 Å². The minimum atomic E-state index is -3.11. The average molecular weight is 259 g/mol. The van der Waals surface area contributed by atoms with Gasteiger partial charge in [0.1, 0.15) is 4.66 Å². The molecule has 0 spiro atoms. The highest BCUT2D eigenvalue weighted by Crippen LogP contribution is 1.93. The van der Waals surface area contributed by atoms with E-state index in [0.29, 0.717) is 6.54 Å². The monoisotopic (exact) mass is 258 g/mol. The predicted octanol–water partition coefficient (Wildman–Crippen LogP) is 0.208. The van der Waals surface area contributed by atoms with Crippen molar-refractivity contribution in [2.45, 2.75) is 13.0 Å². The first-order valence-electron chi connectivity index (χ1n) is 3.59. The fourth-order valence-corrected chi connectivity index (χ4v) is 1.53. The van der Waals surface area contributed by atoms with Crippen molar-refractivity contribution < 1.29 is 8.42 Å². The number of nitrogens with zero attached hydrogens (tertiary/aromatic N) is 1. The Hall–Kier alpha value is 0.350. The molecule has 0 aromatic heterocycles. The van der Waals surface area contributed by atoms with Gasteiger partial charge in [0, 0.05) is 12.6 Å². The first-order valence-corrected chi connectivity index (χ1v) is 6.36. The quantitative estimate of drug-likeness (QED) is 0.718. The first kappa shape index (κ1) is 12.3. The van der Waals surface area contributed by atoms with Gasteiger partial charge in [-0.15, -0.1) is 0 Å². The highest BCUT2D eigenvalue weighted by molar-refractivity contribution is 9.10. The molecule has 12 heavy (non-hydrogen) atoms. The molecule has 1 unspecified atom stereocenters. The Morgan fingerprint density at radius 2 is 2.00 bits per heavy atom. The molecule has 0 amide bonds. The Bertz CT molecular complexity index is 216. The maximum atomic E-state index is 10.9. The van der Waals surface area contributed by atoms with Crippen LogP contribution in [0.2, 0.25) is 0 Å². The largest absolute Gasteiger partial charge is 0.305 e. The minimum Gasteiger partial charge on any atom is -0.305 e. The molecular formula is C6H15BrN2O2S. The Kier molecular flexibility index (Phi) is 5.31. The fraction of sp³-hybridized carbons (Fsp3) is 1.00. The van der Waals surface area contributed by atoms with E-state index in [1.54, 1.807) is 0 Å². The van der Waals surface area contributed by atoms with E-state index in [1.165, 1.54) is 0 Å². The summed E-state index contributed by atoms with van der Waals surface area (Å²) in [5, 5.41) is 0. The zero-order chi connectivity index (χ0) is 9.78. The Labute approximate surface area is 82.5 Å². The van der Waals surface area contributed by atoms with E-state index in [1.807, 2.05) is 25.9 Å². The summed E-state index contributed by atoms with van der Waals surface area (Å²) in [6.07, 6.45) is 0. The van der Waals surface area contributed by atoms with Crippen molar-refractivity contribution in [1.82, 2.24) is 9.62 Å². The zero-order valence-electron chi connectivity index (χ0n) is 7.54. The van der Waals surface area contributed by atoms with Crippen LogP contribution >= 0.6 is 15.9 Å². The molecular weight excluding hydrogens is 244 g/mol. The minimum absolute atomic E-state index is 0.0415. The first-order chi connectivity index (χ1) is 5.39. The second-order valence-electron chi connectivity index (χ2n) is 2.88. The molecule has 0 aliphatic heterocycles. The number of likely N-dealkylation sites (N-methyl/N-ethyl adjacent to an activating group) is 1. The standard InChI is InChI=1S/C6H15BrN2O2S/c1-6(9(2)3)4-8-12(10,11)5-7/h6,8H,4-5H2,1-3H3. The maximum Gasteiger partial charge on any atom is 0.221 e. The van der Waals surface area contributed by atoms with Crippen molar-refractivity contribution in [2.24, 2.45) is 0 Å². The molecule has 4 nitrogen and oxygen atoms in total. The van der Waals surface area contributed by atoms with Gasteiger partial charge in [0.15, 0.2) is 0 Å². The van der Waals surface area contributed by atoms with Gasteiger partial charge < -0.3 is 4.90 Å². The molecule has 1 atom stereocenters. The molecule has 0 saturated heterocycles. The van der Waals surface area contributed by atoms with Gasteiger partial charge in [0.2, 0.25) is 10.0 Å². The smallest absolute Gasteiger partial charge is 0.221 e. The van der Waals surface area contributed by atoms with Crippen LogP contribution in [-0.2, 0) is 10.0 Å². The van der Waals surface area contributed by atoms with E-state index in [-0.39, 0.29) is 10.7 Å². The fourth-order valence-electron chi connectivity index (χ4n) is 0.469. The van der Waals surface area contributed by atoms with Crippen LogP contribution in [0.3, 0.4) is 0 Å². The summed E-state index contributed by atoms with van der Waals surface area (Å²) in [5.41, 5.74) is 0. The Morgan fingerprint density at radius 3 is 2.33 bits per heavy atom. The summed E-state index contributed by atoms with van der Waals surface area (Å²) >= 11 is 2.89. The van der Waals surface area contributed by atoms with Crippen molar-refractivity contribution in [3.05, 3.63) is 0 Å². The summed E-state index contributed by atoms with van der Waals surface area (Å²) in [5.74, 6) is 0. The molecule has 1 N–H and O–H groups in total. The lowest BCUT2D eigenvalue weighted by Gasteiger charge is -2.19. The molecule has 0 aromatic carbocycles. The normalized spacial score (nSPS) is 15.1. The third-order valence-corrected chi connectivity index (χ3v) is 4.33. The lowest BCUT2D eigenvalue weighted by atomic mass is 10.3. The van der Waals surface area contributed by atoms with E-state index in [2.05, 4.69) is 20.7 Å². The van der Waals surface area contributed by atoms with Crippen molar-refractivity contribution in [3.63, 3.8) is 0 Å². The molecule has 0 radical (unpaired) electrons. The Balaban J connectivity index is 3.84. The van der Waals surface area contributed by atoms with Crippen molar-refractivity contribution in [3.8, 4) is 0 Å². The predicted molar refractivity (Wildman–Crippen MR) is 53.9 cm³/mol. The van der Waals surface area contributed by atoms with Gasteiger partial charge in [-0.2, -0.15) is 0 Å². The maximum absolute atomic E-state index is 10.9. The van der Waals surface area contributed by atoms with Crippen LogP contribution in [0.1, 0.15) is 6.92 Å². The summed E-state index contributed by atoms with van der Waals surface area (Å²) in [4.78, 5) is 1.96. The molecule has 6 heteroatoms. The Morgan fingerprint density at radius 1 is 1.50 bits per heavy atom. The summed E-state index contributed by atoms with van der Waals surface area (Å²) in [7, 11) is 0.712. The molecule has 0 aliphatic carbocycles. The molecule has 0 bridgehead atoms. The van der Waals surface area contributed by atoms with E-state index >= 15 is 0 Å². The summed E-state index contributed by atoms with van der Waals surface area (Å²) in [6.45, 7) is 2.40. The highest BCUT2D eigenvalue weighted by Gasteiger charge is 2.10. The average Bonchev–Trinajstić information content (AvgIpc) is 2.00. The molecule has 0 heterocycles. The van der Waals surface area contributed by atoms with E-state index in [4.69, 9.17) is 0 Å². The number of hydrogen-bond donors (Lipinski definition) is 1. The SMILES string of the molecule is CC(CNS(=O)(=O)CBr)N(C)C. The number of hydrogen-bond acceptors (Lipinski definition) is 3. The number of rotatable bonds is 5. The second-order valence-corrected chi connectivity index (χ2v) is 5.99. The molecule has 0 saturated carbocycles. The van der Waals surface area contributed by atoms with Gasteiger partial charge >= 0.3 is 0 Å². The van der Waals surface area contributed by atoms with Crippen LogP contribution in [0.4, 0.5) is 0 Å². The zero-order valence-corrected chi connectivity index (χ0v) is 9.94. The molecule has 0 fully saturated rings. The topological polar surface area (TPSA) is 49.4 Å². The van der Waals surface area contributed by atoms with Crippen molar-refractivity contribution in [2.75, 3.05) is 25.3 Å². The number of alkyl halides is 1. The third kappa shape index (κ3) is 5.08. The van der Waals surface area contributed by atoms with Crippen molar-refractivity contribution in [1.29, 1.82) is 0 Å².